The number of amides is 2. The third kappa shape index (κ3) is 4.36. The SMILES string of the molecule is Cc1cccc(NC(=O)Cn2c(C(C)NC(=O)C3CCCO3)nc3ccccc32)c1. The Bertz CT molecular complexity index is 1070. The second-order valence-corrected chi connectivity index (χ2v) is 7.69. The fourth-order valence-corrected chi connectivity index (χ4v) is 3.81. The lowest BCUT2D eigenvalue weighted by Crippen LogP contribution is -2.37. The van der Waals surface area contributed by atoms with Crippen molar-refractivity contribution < 1.29 is 14.3 Å². The number of aryl methyl sites for hydroxylation is 1. The van der Waals surface area contributed by atoms with Crippen LogP contribution in [0.3, 0.4) is 0 Å². The van der Waals surface area contributed by atoms with Crippen LogP contribution in [0.5, 0.6) is 0 Å². The van der Waals surface area contributed by atoms with E-state index in [0.29, 0.717) is 12.4 Å². The van der Waals surface area contributed by atoms with Crippen LogP contribution in [-0.4, -0.2) is 34.1 Å². The molecule has 2 amide bonds. The van der Waals surface area contributed by atoms with Crippen LogP contribution in [0.1, 0.15) is 37.2 Å². The van der Waals surface area contributed by atoms with Gasteiger partial charge in [-0.15, -0.1) is 0 Å². The second kappa shape index (κ2) is 8.67. The molecule has 2 heterocycles. The molecule has 1 aliphatic rings. The van der Waals surface area contributed by atoms with Crippen molar-refractivity contribution in [1.29, 1.82) is 0 Å². The van der Waals surface area contributed by atoms with Gasteiger partial charge >= 0.3 is 0 Å². The average Bonchev–Trinajstić information content (AvgIpc) is 3.37. The molecule has 1 fully saturated rings. The van der Waals surface area contributed by atoms with Gasteiger partial charge in [0.15, 0.2) is 0 Å². The van der Waals surface area contributed by atoms with Crippen molar-refractivity contribution in [1.82, 2.24) is 14.9 Å². The van der Waals surface area contributed by atoms with Crippen LogP contribution >= 0.6 is 0 Å². The maximum absolute atomic E-state index is 12.8. The first-order valence-electron chi connectivity index (χ1n) is 10.2. The van der Waals surface area contributed by atoms with Gasteiger partial charge in [0.1, 0.15) is 18.5 Å². The third-order valence-electron chi connectivity index (χ3n) is 5.26. The molecule has 0 aliphatic carbocycles. The standard InChI is InChI=1S/C23H26N4O3/c1-15-7-5-8-17(13-15)25-21(28)14-27-19-10-4-3-9-18(19)26-22(27)16(2)24-23(29)20-11-6-12-30-20/h3-5,7-10,13,16,20H,6,11-12,14H2,1-2H3,(H,24,29)(H,25,28). The quantitative estimate of drug-likeness (QED) is 0.658. The molecular formula is C23H26N4O3. The Morgan fingerprint density at radius 1 is 1.23 bits per heavy atom. The van der Waals surface area contributed by atoms with E-state index in [0.717, 1.165) is 35.1 Å². The summed E-state index contributed by atoms with van der Waals surface area (Å²) in [5.74, 6) is 0.354. The number of nitrogens with one attached hydrogen (secondary N) is 2. The number of ether oxygens (including phenoxy) is 1. The third-order valence-corrected chi connectivity index (χ3v) is 5.26. The van der Waals surface area contributed by atoms with Crippen molar-refractivity contribution in [2.45, 2.75) is 45.4 Å². The summed E-state index contributed by atoms with van der Waals surface area (Å²) in [7, 11) is 0. The molecule has 0 spiro atoms. The Kier molecular flexibility index (Phi) is 5.81. The van der Waals surface area contributed by atoms with Crippen LogP contribution in [0.2, 0.25) is 0 Å². The highest BCUT2D eigenvalue weighted by Crippen LogP contribution is 2.22. The van der Waals surface area contributed by atoms with Gasteiger partial charge in [-0.05, 0) is 56.5 Å². The van der Waals surface area contributed by atoms with Crippen LogP contribution < -0.4 is 10.6 Å². The van der Waals surface area contributed by atoms with Gasteiger partial charge in [0.05, 0.1) is 17.1 Å². The number of imidazole rings is 1. The average molecular weight is 406 g/mol. The summed E-state index contributed by atoms with van der Waals surface area (Å²) < 4.78 is 7.34. The zero-order valence-electron chi connectivity index (χ0n) is 17.2. The summed E-state index contributed by atoms with van der Waals surface area (Å²) >= 11 is 0. The van der Waals surface area contributed by atoms with Gasteiger partial charge in [-0.2, -0.15) is 0 Å². The number of anilines is 1. The molecule has 7 nitrogen and oxygen atoms in total. The summed E-state index contributed by atoms with van der Waals surface area (Å²) in [6, 6.07) is 15.0. The number of para-hydroxylation sites is 2. The number of aromatic nitrogens is 2. The Labute approximate surface area is 175 Å². The van der Waals surface area contributed by atoms with Gasteiger partial charge in [0.2, 0.25) is 11.8 Å². The predicted octanol–water partition coefficient (Wildman–Crippen LogP) is 3.34. The normalized spacial score (nSPS) is 17.1. The highest BCUT2D eigenvalue weighted by atomic mass is 16.5. The largest absolute Gasteiger partial charge is 0.368 e. The van der Waals surface area contributed by atoms with Crippen LogP contribution in [0.25, 0.3) is 11.0 Å². The molecule has 1 aliphatic heterocycles. The molecule has 156 valence electrons. The molecule has 1 saturated heterocycles. The van der Waals surface area contributed by atoms with E-state index in [-0.39, 0.29) is 24.4 Å². The number of carbonyl (C=O) groups is 2. The van der Waals surface area contributed by atoms with E-state index in [1.807, 2.05) is 66.9 Å². The molecule has 3 aromatic rings. The molecule has 2 N–H and O–H groups in total. The number of fused-ring (bicyclic) bond motifs is 1. The molecule has 0 bridgehead atoms. The molecule has 2 aromatic carbocycles. The Morgan fingerprint density at radius 3 is 2.83 bits per heavy atom. The minimum absolute atomic E-state index is 0.101. The van der Waals surface area contributed by atoms with E-state index in [9.17, 15) is 9.59 Å². The smallest absolute Gasteiger partial charge is 0.249 e. The summed E-state index contributed by atoms with van der Waals surface area (Å²) in [5, 5.41) is 5.93. The molecule has 1 aromatic heterocycles. The first kappa shape index (κ1) is 20.1. The van der Waals surface area contributed by atoms with Gasteiger partial charge in [-0.3, -0.25) is 9.59 Å². The first-order valence-corrected chi connectivity index (χ1v) is 10.2. The lowest BCUT2D eigenvalue weighted by molar-refractivity contribution is -0.130. The van der Waals surface area contributed by atoms with Gasteiger partial charge in [-0.1, -0.05) is 24.3 Å². The van der Waals surface area contributed by atoms with Crippen molar-refractivity contribution in [2.24, 2.45) is 0 Å². The lowest BCUT2D eigenvalue weighted by Gasteiger charge is -2.18. The summed E-state index contributed by atoms with van der Waals surface area (Å²) in [6.07, 6.45) is 1.22. The molecule has 7 heteroatoms. The van der Waals surface area contributed by atoms with Gasteiger partial charge < -0.3 is 19.9 Å². The lowest BCUT2D eigenvalue weighted by atomic mass is 10.2. The van der Waals surface area contributed by atoms with Crippen molar-refractivity contribution in [3.8, 4) is 0 Å². The zero-order chi connectivity index (χ0) is 21.1. The minimum atomic E-state index is -0.408. The number of hydrogen-bond donors (Lipinski definition) is 2. The van der Waals surface area contributed by atoms with E-state index in [1.165, 1.54) is 0 Å². The Morgan fingerprint density at radius 2 is 2.07 bits per heavy atom. The topological polar surface area (TPSA) is 85.2 Å². The molecule has 2 atom stereocenters. The summed E-state index contributed by atoms with van der Waals surface area (Å²) in [5.41, 5.74) is 3.47. The van der Waals surface area contributed by atoms with Gasteiger partial charge in [0, 0.05) is 12.3 Å². The van der Waals surface area contributed by atoms with Crippen LogP contribution in [0.4, 0.5) is 5.69 Å². The van der Waals surface area contributed by atoms with Crippen molar-refractivity contribution in [3.05, 3.63) is 59.9 Å². The van der Waals surface area contributed by atoms with Crippen LogP contribution in [0.15, 0.2) is 48.5 Å². The predicted molar refractivity (Wildman–Crippen MR) is 115 cm³/mol. The van der Waals surface area contributed by atoms with E-state index >= 15 is 0 Å². The van der Waals surface area contributed by atoms with Crippen LogP contribution in [-0.2, 0) is 20.9 Å². The second-order valence-electron chi connectivity index (χ2n) is 7.69. The number of hydrogen-bond acceptors (Lipinski definition) is 4. The number of rotatable bonds is 6. The summed E-state index contributed by atoms with van der Waals surface area (Å²) in [4.78, 5) is 30.0. The highest BCUT2D eigenvalue weighted by Gasteiger charge is 2.27. The molecule has 30 heavy (non-hydrogen) atoms. The molecule has 0 radical (unpaired) electrons. The van der Waals surface area contributed by atoms with Crippen molar-refractivity contribution >= 4 is 28.5 Å². The minimum Gasteiger partial charge on any atom is -0.368 e. The maximum atomic E-state index is 12.8. The molecule has 2 unspecified atom stereocenters. The van der Waals surface area contributed by atoms with Crippen molar-refractivity contribution in [2.75, 3.05) is 11.9 Å². The Hall–Kier alpha value is -3.19. The van der Waals surface area contributed by atoms with E-state index in [1.54, 1.807) is 0 Å². The number of benzene rings is 2. The number of nitrogens with zero attached hydrogens (tertiary/aromatic N) is 2. The van der Waals surface area contributed by atoms with Gasteiger partial charge in [0.25, 0.3) is 0 Å². The fraction of sp³-hybridized carbons (Fsp3) is 0.348. The van der Waals surface area contributed by atoms with E-state index in [4.69, 9.17) is 9.72 Å². The monoisotopic (exact) mass is 406 g/mol. The van der Waals surface area contributed by atoms with Crippen LogP contribution in [0, 0.1) is 6.92 Å². The molecule has 0 saturated carbocycles. The molecule has 4 rings (SSSR count). The highest BCUT2D eigenvalue weighted by molar-refractivity contribution is 5.92. The van der Waals surface area contributed by atoms with E-state index in [2.05, 4.69) is 10.6 Å². The van der Waals surface area contributed by atoms with Gasteiger partial charge in [-0.25, -0.2) is 4.98 Å². The molecular weight excluding hydrogens is 380 g/mol. The summed E-state index contributed by atoms with van der Waals surface area (Å²) in [6.45, 7) is 4.58. The maximum Gasteiger partial charge on any atom is 0.249 e. The fourth-order valence-electron chi connectivity index (χ4n) is 3.81. The number of carbonyl (C=O) groups excluding carboxylic acids is 2. The first-order chi connectivity index (χ1) is 14.5. The van der Waals surface area contributed by atoms with Crippen molar-refractivity contribution in [3.63, 3.8) is 0 Å². The van der Waals surface area contributed by atoms with E-state index < -0.39 is 6.10 Å². The zero-order valence-corrected chi connectivity index (χ0v) is 17.2. The Balaban J connectivity index is 1.56.